The lowest BCUT2D eigenvalue weighted by Gasteiger charge is -2.04. The second kappa shape index (κ2) is 5.82. The first-order valence-corrected chi connectivity index (χ1v) is 8.39. The van der Waals surface area contributed by atoms with Gasteiger partial charge in [-0.3, -0.25) is 4.79 Å². The lowest BCUT2D eigenvalue weighted by Crippen LogP contribution is -2.13. The Morgan fingerprint density at radius 2 is 2.20 bits per heavy atom. The summed E-state index contributed by atoms with van der Waals surface area (Å²) < 4.78 is 11.4. The van der Waals surface area contributed by atoms with Gasteiger partial charge >= 0.3 is 0 Å². The average molecular weight is 353 g/mol. The summed E-state index contributed by atoms with van der Waals surface area (Å²) >= 11 is 1.22. The Bertz CT molecular complexity index is 1060. The largest absolute Gasteiger partial charge is 0.496 e. The fourth-order valence-electron chi connectivity index (χ4n) is 2.97. The quantitative estimate of drug-likeness (QED) is 0.733. The van der Waals surface area contributed by atoms with Crippen LogP contribution < -0.4 is 10.2 Å². The van der Waals surface area contributed by atoms with Crippen LogP contribution in [0.4, 0.5) is 0 Å². The number of rotatable bonds is 3. The second-order valence-electron chi connectivity index (χ2n) is 5.70. The number of hydrazone groups is 1. The fourth-order valence-corrected chi connectivity index (χ4v) is 3.63. The van der Waals surface area contributed by atoms with E-state index in [1.807, 2.05) is 49.0 Å². The van der Waals surface area contributed by atoms with Gasteiger partial charge in [-0.25, -0.2) is 5.43 Å². The lowest BCUT2D eigenvalue weighted by atomic mass is 10.0. The van der Waals surface area contributed by atoms with Gasteiger partial charge in [0.05, 0.1) is 28.8 Å². The first-order valence-electron chi connectivity index (χ1n) is 7.61. The van der Waals surface area contributed by atoms with Gasteiger partial charge in [-0.2, -0.15) is 5.10 Å². The van der Waals surface area contributed by atoms with E-state index in [0.717, 1.165) is 32.8 Å². The Balaban J connectivity index is 1.91. The van der Waals surface area contributed by atoms with Gasteiger partial charge in [0.25, 0.3) is 5.91 Å². The Morgan fingerprint density at radius 1 is 1.36 bits per heavy atom. The van der Waals surface area contributed by atoms with E-state index in [-0.39, 0.29) is 5.91 Å². The molecule has 1 aliphatic rings. The summed E-state index contributed by atoms with van der Waals surface area (Å²) in [5.41, 5.74) is 6.27. The molecule has 8 heteroatoms. The molecule has 1 amide bonds. The van der Waals surface area contributed by atoms with Crippen molar-refractivity contribution in [3.63, 3.8) is 0 Å². The van der Waals surface area contributed by atoms with Crippen molar-refractivity contribution in [2.75, 3.05) is 7.11 Å². The summed E-state index contributed by atoms with van der Waals surface area (Å²) in [5, 5.41) is 9.13. The zero-order valence-corrected chi connectivity index (χ0v) is 14.7. The first kappa shape index (κ1) is 15.5. The third kappa shape index (κ3) is 2.42. The number of hydrogen-bond acceptors (Lipinski definition) is 6. The molecule has 3 heterocycles. The van der Waals surface area contributed by atoms with E-state index >= 15 is 0 Å². The highest BCUT2D eigenvalue weighted by Crippen LogP contribution is 2.32. The van der Waals surface area contributed by atoms with Crippen LogP contribution in [0.15, 0.2) is 35.1 Å². The van der Waals surface area contributed by atoms with Crippen molar-refractivity contribution in [1.29, 1.82) is 0 Å². The summed E-state index contributed by atoms with van der Waals surface area (Å²) in [7, 11) is 3.60. The second-order valence-corrected chi connectivity index (χ2v) is 6.45. The molecule has 126 valence electrons. The number of hydrogen-bond donors (Lipinski definition) is 1. The lowest BCUT2D eigenvalue weighted by molar-refractivity contribution is -0.116. The monoisotopic (exact) mass is 353 g/mol. The van der Waals surface area contributed by atoms with E-state index in [0.29, 0.717) is 11.3 Å². The van der Waals surface area contributed by atoms with Crippen LogP contribution in [-0.4, -0.2) is 32.9 Å². The van der Waals surface area contributed by atoms with E-state index in [9.17, 15) is 4.79 Å². The minimum absolute atomic E-state index is 0.241. The highest BCUT2D eigenvalue weighted by molar-refractivity contribution is 7.08. The molecule has 3 aromatic rings. The van der Waals surface area contributed by atoms with E-state index in [1.54, 1.807) is 7.11 Å². The minimum atomic E-state index is -0.241. The van der Waals surface area contributed by atoms with E-state index in [2.05, 4.69) is 20.1 Å². The number of aromatic nitrogens is 3. The SMILES string of the molecule is COc1cccc2c1c(/C=C1\C(=O)NN=C1c1snnc1C)cn2C. The number of ether oxygens (including phenoxy) is 1. The van der Waals surface area contributed by atoms with Gasteiger partial charge in [-0.1, -0.05) is 10.6 Å². The summed E-state index contributed by atoms with van der Waals surface area (Å²) in [6.07, 6.45) is 3.81. The highest BCUT2D eigenvalue weighted by atomic mass is 32.1. The predicted octanol–water partition coefficient (Wildman–Crippen LogP) is 2.26. The molecule has 0 spiro atoms. The van der Waals surface area contributed by atoms with Crippen LogP contribution >= 0.6 is 11.5 Å². The topological polar surface area (TPSA) is 81.4 Å². The number of amides is 1. The molecule has 1 aliphatic heterocycles. The third-order valence-corrected chi connectivity index (χ3v) is 5.00. The number of nitrogens with one attached hydrogen (secondary N) is 1. The van der Waals surface area contributed by atoms with Crippen molar-refractivity contribution < 1.29 is 9.53 Å². The van der Waals surface area contributed by atoms with Crippen molar-refractivity contribution in [2.45, 2.75) is 6.92 Å². The van der Waals surface area contributed by atoms with Crippen LogP contribution in [-0.2, 0) is 11.8 Å². The number of fused-ring (bicyclic) bond motifs is 1. The molecule has 0 aliphatic carbocycles. The van der Waals surface area contributed by atoms with Crippen molar-refractivity contribution in [3.8, 4) is 5.75 Å². The molecule has 0 saturated heterocycles. The van der Waals surface area contributed by atoms with Gasteiger partial charge in [-0.05, 0) is 36.7 Å². The summed E-state index contributed by atoms with van der Waals surface area (Å²) in [4.78, 5) is 13.1. The summed E-state index contributed by atoms with van der Waals surface area (Å²) in [6.45, 7) is 1.85. The van der Waals surface area contributed by atoms with Crippen LogP contribution in [0.5, 0.6) is 5.75 Å². The smallest absolute Gasteiger partial charge is 0.273 e. The molecule has 0 unspecified atom stereocenters. The van der Waals surface area contributed by atoms with Crippen LogP contribution in [0.2, 0.25) is 0 Å². The number of carbonyl (C=O) groups is 1. The molecule has 0 bridgehead atoms. The maximum absolute atomic E-state index is 12.3. The molecular formula is C17H15N5O2S. The molecule has 1 N–H and O–H groups in total. The van der Waals surface area contributed by atoms with Crippen molar-refractivity contribution in [1.82, 2.24) is 19.6 Å². The molecule has 25 heavy (non-hydrogen) atoms. The minimum Gasteiger partial charge on any atom is -0.496 e. The Labute approximate surface area is 147 Å². The number of benzene rings is 1. The van der Waals surface area contributed by atoms with Crippen LogP contribution in [0.3, 0.4) is 0 Å². The average Bonchev–Trinajstić information content (AvgIpc) is 3.27. The van der Waals surface area contributed by atoms with Gasteiger partial charge < -0.3 is 9.30 Å². The van der Waals surface area contributed by atoms with Crippen molar-refractivity contribution in [3.05, 3.63) is 46.1 Å². The number of nitrogens with zero attached hydrogens (tertiary/aromatic N) is 4. The van der Waals surface area contributed by atoms with Gasteiger partial charge in [0.15, 0.2) is 0 Å². The van der Waals surface area contributed by atoms with Gasteiger partial charge in [0.1, 0.15) is 11.5 Å². The van der Waals surface area contributed by atoms with Crippen LogP contribution in [0.1, 0.15) is 16.1 Å². The Kier molecular flexibility index (Phi) is 3.61. The maximum atomic E-state index is 12.3. The van der Waals surface area contributed by atoms with Crippen molar-refractivity contribution >= 4 is 40.1 Å². The summed E-state index contributed by atoms with van der Waals surface area (Å²) in [5.74, 6) is 0.521. The normalized spacial score (nSPS) is 15.7. The Hall–Kier alpha value is -3.00. The number of aryl methyl sites for hydroxylation is 2. The molecule has 1 aromatic carbocycles. The zero-order chi connectivity index (χ0) is 17.6. The van der Waals surface area contributed by atoms with Crippen LogP contribution in [0, 0.1) is 6.92 Å². The van der Waals surface area contributed by atoms with E-state index in [1.165, 1.54) is 11.5 Å². The Morgan fingerprint density at radius 3 is 2.92 bits per heavy atom. The first-order chi connectivity index (χ1) is 12.1. The molecule has 2 aromatic heterocycles. The molecule has 7 nitrogen and oxygen atoms in total. The highest BCUT2D eigenvalue weighted by Gasteiger charge is 2.27. The van der Waals surface area contributed by atoms with E-state index in [4.69, 9.17) is 4.74 Å². The number of carbonyl (C=O) groups excluding carboxylic acids is 1. The van der Waals surface area contributed by atoms with Crippen molar-refractivity contribution in [2.24, 2.45) is 12.1 Å². The van der Waals surface area contributed by atoms with Gasteiger partial charge in [0.2, 0.25) is 0 Å². The predicted molar refractivity (Wildman–Crippen MR) is 96.8 cm³/mol. The maximum Gasteiger partial charge on any atom is 0.273 e. The van der Waals surface area contributed by atoms with E-state index < -0.39 is 0 Å². The molecular weight excluding hydrogens is 338 g/mol. The summed E-state index contributed by atoms with van der Waals surface area (Å²) in [6, 6.07) is 5.87. The number of methoxy groups -OCH3 is 1. The van der Waals surface area contributed by atoms with Gasteiger partial charge in [0, 0.05) is 24.2 Å². The molecule has 0 atom stereocenters. The van der Waals surface area contributed by atoms with Crippen LogP contribution in [0.25, 0.3) is 17.0 Å². The molecule has 0 saturated carbocycles. The fraction of sp³-hybridized carbons (Fsp3) is 0.176. The third-order valence-electron chi connectivity index (χ3n) is 4.16. The van der Waals surface area contributed by atoms with Gasteiger partial charge in [-0.15, -0.1) is 5.10 Å². The standard InChI is InChI=1S/C17H15N5O2S/c1-9-16(25-21-18-9)15-11(17(23)20-19-15)7-10-8-22(2)12-5-4-6-13(24-3)14(10)12/h4-8H,1-3H3,(H,20,23)/b11-7-. The molecule has 0 fully saturated rings. The molecule has 4 rings (SSSR count). The zero-order valence-electron chi connectivity index (χ0n) is 13.9. The molecule has 0 radical (unpaired) electrons.